The van der Waals surface area contributed by atoms with Crippen molar-refractivity contribution in [2.45, 2.75) is 65.4 Å². The van der Waals surface area contributed by atoms with Crippen LogP contribution in [-0.2, 0) is 4.74 Å². The number of nitrogens with one attached hydrogen (secondary N) is 1. The number of rotatable bonds is 8. The van der Waals surface area contributed by atoms with Crippen LogP contribution in [0.5, 0.6) is 0 Å². The van der Waals surface area contributed by atoms with E-state index in [9.17, 15) is 0 Å². The van der Waals surface area contributed by atoms with Crippen LogP contribution in [0.2, 0.25) is 0 Å². The second kappa shape index (κ2) is 13.6. The molecule has 1 heterocycles. The predicted molar refractivity (Wildman–Crippen MR) is 102 cm³/mol. The highest BCUT2D eigenvalue weighted by Gasteiger charge is 2.21. The van der Waals surface area contributed by atoms with Crippen molar-refractivity contribution in [2.75, 3.05) is 32.8 Å². The summed E-state index contributed by atoms with van der Waals surface area (Å²) in [4.78, 5) is 7.16. The average molecular weight is 411 g/mol. The van der Waals surface area contributed by atoms with Crippen LogP contribution in [0.15, 0.2) is 4.99 Å². The van der Waals surface area contributed by atoms with Gasteiger partial charge in [0, 0.05) is 32.8 Å². The van der Waals surface area contributed by atoms with E-state index in [1.165, 1.54) is 25.7 Å². The van der Waals surface area contributed by atoms with Gasteiger partial charge in [0.1, 0.15) is 0 Å². The molecule has 1 saturated heterocycles. The summed E-state index contributed by atoms with van der Waals surface area (Å²) in [6.07, 6.45) is 7.80. The topological polar surface area (TPSA) is 36.9 Å². The van der Waals surface area contributed by atoms with Gasteiger partial charge in [0.2, 0.25) is 0 Å². The minimum absolute atomic E-state index is 0. The molecule has 21 heavy (non-hydrogen) atoms. The molecule has 0 spiro atoms. The van der Waals surface area contributed by atoms with Gasteiger partial charge in [-0.25, -0.2) is 0 Å². The van der Waals surface area contributed by atoms with Gasteiger partial charge >= 0.3 is 0 Å². The minimum atomic E-state index is 0. The van der Waals surface area contributed by atoms with Crippen molar-refractivity contribution in [3.63, 3.8) is 0 Å². The fourth-order valence-corrected chi connectivity index (χ4v) is 2.62. The molecular weight excluding hydrogens is 377 g/mol. The van der Waals surface area contributed by atoms with Crippen molar-refractivity contribution in [1.82, 2.24) is 10.2 Å². The molecular formula is C16H34IN3O. The molecule has 5 heteroatoms. The Hall–Kier alpha value is -0.0400. The van der Waals surface area contributed by atoms with Crippen LogP contribution >= 0.6 is 24.0 Å². The highest BCUT2D eigenvalue weighted by molar-refractivity contribution is 14.0. The number of piperidine rings is 1. The molecule has 0 radical (unpaired) electrons. The molecule has 0 amide bonds. The van der Waals surface area contributed by atoms with E-state index in [0.717, 1.165) is 51.6 Å². The fourth-order valence-electron chi connectivity index (χ4n) is 2.62. The molecule has 0 aliphatic carbocycles. The molecule has 0 aromatic rings. The van der Waals surface area contributed by atoms with Gasteiger partial charge in [0.25, 0.3) is 0 Å². The summed E-state index contributed by atoms with van der Waals surface area (Å²) >= 11 is 0. The van der Waals surface area contributed by atoms with Crippen LogP contribution in [0, 0.1) is 0 Å². The van der Waals surface area contributed by atoms with E-state index >= 15 is 0 Å². The van der Waals surface area contributed by atoms with Gasteiger partial charge in [0.05, 0.1) is 6.10 Å². The van der Waals surface area contributed by atoms with Gasteiger partial charge in [-0.2, -0.15) is 0 Å². The molecule has 1 rings (SSSR count). The Morgan fingerprint density at radius 2 is 1.86 bits per heavy atom. The first-order valence-electron chi connectivity index (χ1n) is 8.46. The SMILES string of the molecule is CCCCCCN=C(NCC)N1CCC(OCC)CC1.I. The molecule has 0 saturated carbocycles. The van der Waals surface area contributed by atoms with Crippen LogP contribution < -0.4 is 5.32 Å². The van der Waals surface area contributed by atoms with E-state index in [4.69, 9.17) is 9.73 Å². The second-order valence-corrected chi connectivity index (χ2v) is 5.44. The molecule has 1 N–H and O–H groups in total. The van der Waals surface area contributed by atoms with Gasteiger partial charge in [-0.3, -0.25) is 4.99 Å². The quantitative estimate of drug-likeness (QED) is 0.287. The summed E-state index contributed by atoms with van der Waals surface area (Å²) in [5, 5.41) is 3.43. The lowest BCUT2D eigenvalue weighted by molar-refractivity contribution is 0.0264. The van der Waals surface area contributed by atoms with E-state index in [0.29, 0.717) is 6.10 Å². The Morgan fingerprint density at radius 3 is 2.43 bits per heavy atom. The maximum atomic E-state index is 5.71. The van der Waals surface area contributed by atoms with Crippen LogP contribution in [0.3, 0.4) is 0 Å². The number of halogens is 1. The molecule has 0 atom stereocenters. The fraction of sp³-hybridized carbons (Fsp3) is 0.938. The monoisotopic (exact) mass is 411 g/mol. The van der Waals surface area contributed by atoms with Crippen molar-refractivity contribution < 1.29 is 4.74 Å². The molecule has 4 nitrogen and oxygen atoms in total. The van der Waals surface area contributed by atoms with Crippen LogP contribution in [-0.4, -0.2) is 49.7 Å². The first-order chi connectivity index (χ1) is 9.81. The molecule has 1 aliphatic rings. The lowest BCUT2D eigenvalue weighted by atomic mass is 10.1. The van der Waals surface area contributed by atoms with Gasteiger partial charge in [-0.1, -0.05) is 26.2 Å². The number of likely N-dealkylation sites (tertiary alicyclic amines) is 1. The molecule has 0 aromatic carbocycles. The maximum Gasteiger partial charge on any atom is 0.193 e. The smallest absolute Gasteiger partial charge is 0.193 e. The van der Waals surface area contributed by atoms with Gasteiger partial charge in [-0.15, -0.1) is 24.0 Å². The molecule has 126 valence electrons. The van der Waals surface area contributed by atoms with E-state index in [2.05, 4.69) is 31.0 Å². The molecule has 1 aliphatic heterocycles. The Morgan fingerprint density at radius 1 is 1.14 bits per heavy atom. The third-order valence-corrected chi connectivity index (χ3v) is 3.75. The lowest BCUT2D eigenvalue weighted by Gasteiger charge is -2.34. The van der Waals surface area contributed by atoms with Crippen molar-refractivity contribution >= 4 is 29.9 Å². The van der Waals surface area contributed by atoms with E-state index < -0.39 is 0 Å². The first-order valence-corrected chi connectivity index (χ1v) is 8.46. The lowest BCUT2D eigenvalue weighted by Crippen LogP contribution is -2.47. The number of unbranched alkanes of at least 4 members (excludes halogenated alkanes) is 3. The highest BCUT2D eigenvalue weighted by atomic mass is 127. The zero-order valence-electron chi connectivity index (χ0n) is 14.1. The Balaban J connectivity index is 0.00000400. The molecule has 1 fully saturated rings. The molecule has 0 bridgehead atoms. The third-order valence-electron chi connectivity index (χ3n) is 3.75. The van der Waals surface area contributed by atoms with Crippen molar-refractivity contribution in [3.05, 3.63) is 0 Å². The minimum Gasteiger partial charge on any atom is -0.378 e. The Kier molecular flexibility index (Phi) is 13.6. The zero-order valence-corrected chi connectivity index (χ0v) is 16.4. The van der Waals surface area contributed by atoms with E-state index in [1.807, 2.05) is 0 Å². The number of ether oxygens (including phenoxy) is 1. The first kappa shape index (κ1) is 21.0. The second-order valence-electron chi connectivity index (χ2n) is 5.44. The summed E-state index contributed by atoms with van der Waals surface area (Å²) in [5.41, 5.74) is 0. The molecule has 0 aromatic heterocycles. The normalized spacial score (nSPS) is 16.7. The average Bonchev–Trinajstić information content (AvgIpc) is 2.47. The highest BCUT2D eigenvalue weighted by Crippen LogP contribution is 2.13. The Bertz CT molecular complexity index is 266. The van der Waals surface area contributed by atoms with Gasteiger partial charge in [-0.05, 0) is 33.1 Å². The largest absolute Gasteiger partial charge is 0.378 e. The van der Waals surface area contributed by atoms with Gasteiger partial charge in [0.15, 0.2) is 5.96 Å². The van der Waals surface area contributed by atoms with Crippen molar-refractivity contribution in [1.29, 1.82) is 0 Å². The van der Waals surface area contributed by atoms with E-state index in [1.54, 1.807) is 0 Å². The number of hydrogen-bond acceptors (Lipinski definition) is 2. The van der Waals surface area contributed by atoms with Crippen LogP contribution in [0.1, 0.15) is 59.3 Å². The Labute approximate surface area is 148 Å². The van der Waals surface area contributed by atoms with Crippen LogP contribution in [0.25, 0.3) is 0 Å². The summed E-state index contributed by atoms with van der Waals surface area (Å²) in [7, 11) is 0. The number of guanidine groups is 1. The van der Waals surface area contributed by atoms with Crippen molar-refractivity contribution in [3.8, 4) is 0 Å². The summed E-state index contributed by atoms with van der Waals surface area (Å²) in [6.45, 7) is 11.3. The number of hydrogen-bond donors (Lipinski definition) is 1. The predicted octanol–water partition coefficient (Wildman–Crippen LogP) is 3.65. The third kappa shape index (κ3) is 8.86. The summed E-state index contributed by atoms with van der Waals surface area (Å²) < 4.78 is 5.71. The zero-order chi connectivity index (χ0) is 14.6. The molecule has 0 unspecified atom stereocenters. The van der Waals surface area contributed by atoms with Crippen LogP contribution in [0.4, 0.5) is 0 Å². The van der Waals surface area contributed by atoms with Gasteiger partial charge < -0.3 is 15.0 Å². The summed E-state index contributed by atoms with van der Waals surface area (Å²) in [5.74, 6) is 1.10. The van der Waals surface area contributed by atoms with Crippen molar-refractivity contribution in [2.24, 2.45) is 4.99 Å². The number of nitrogens with zero attached hydrogens (tertiary/aromatic N) is 2. The number of aliphatic imine (C=N–C) groups is 1. The maximum absolute atomic E-state index is 5.71. The standard InChI is InChI=1S/C16H33N3O.HI/c1-4-7-8-9-12-18-16(17-5-2)19-13-10-15(11-14-19)20-6-3;/h15H,4-14H2,1-3H3,(H,17,18);1H. The van der Waals surface area contributed by atoms with E-state index in [-0.39, 0.29) is 24.0 Å². The summed E-state index contributed by atoms with van der Waals surface area (Å²) in [6, 6.07) is 0.